The molecular weight excluding hydrogens is 461 g/mol. The molecule has 2 heterocycles. The average Bonchev–Trinajstić information content (AvgIpc) is 3.28. The molecule has 0 atom stereocenters. The number of amides is 1. The molecule has 0 saturated heterocycles. The van der Waals surface area contributed by atoms with Crippen LogP contribution in [0.5, 0.6) is 0 Å². The minimum atomic E-state index is -4.56. The number of carbonyl (C=O) groups is 1. The first-order valence-corrected chi connectivity index (χ1v) is 9.76. The molecule has 1 N–H and O–H groups in total. The normalized spacial score (nSPS) is 11.4. The molecule has 0 aliphatic rings. The minimum Gasteiger partial charge on any atom is -0.318 e. The standard InChI is InChI=1S/C21H14ClF3N6O2/c1-12-7-18(32)19(29-31(12)15-4-2-3-13(8-15)21(23,24)25)20(33)28-16-9-14(22)5-6-17(16)30-11-26-10-27-30/h2-11H,1H3,(H,28,33). The Labute approximate surface area is 189 Å². The van der Waals surface area contributed by atoms with Crippen LogP contribution in [0.25, 0.3) is 11.4 Å². The number of aromatic nitrogens is 5. The van der Waals surface area contributed by atoms with E-state index in [0.29, 0.717) is 10.7 Å². The SMILES string of the molecule is Cc1cc(=O)c(C(=O)Nc2cc(Cl)ccc2-n2cncn2)nn1-c1cccc(C(F)(F)F)c1. The molecule has 2 aromatic carbocycles. The van der Waals surface area contributed by atoms with Gasteiger partial charge in [-0.15, -0.1) is 0 Å². The number of alkyl halides is 3. The van der Waals surface area contributed by atoms with Crippen molar-refractivity contribution in [2.45, 2.75) is 13.1 Å². The average molecular weight is 475 g/mol. The van der Waals surface area contributed by atoms with Crippen LogP contribution in [-0.2, 0) is 6.18 Å². The largest absolute Gasteiger partial charge is 0.416 e. The highest BCUT2D eigenvalue weighted by atomic mass is 35.5. The number of halogens is 4. The molecule has 4 rings (SSSR count). The van der Waals surface area contributed by atoms with Gasteiger partial charge in [-0.1, -0.05) is 17.7 Å². The zero-order valence-electron chi connectivity index (χ0n) is 16.8. The van der Waals surface area contributed by atoms with Crippen LogP contribution in [0.2, 0.25) is 5.02 Å². The maximum Gasteiger partial charge on any atom is 0.416 e. The van der Waals surface area contributed by atoms with Gasteiger partial charge in [0.25, 0.3) is 5.91 Å². The molecule has 8 nitrogen and oxygen atoms in total. The van der Waals surface area contributed by atoms with Gasteiger partial charge in [0, 0.05) is 16.8 Å². The van der Waals surface area contributed by atoms with Crippen LogP contribution in [0.1, 0.15) is 21.7 Å². The predicted molar refractivity (Wildman–Crippen MR) is 114 cm³/mol. The van der Waals surface area contributed by atoms with Gasteiger partial charge in [-0.25, -0.2) is 14.3 Å². The van der Waals surface area contributed by atoms with Crippen molar-refractivity contribution in [2.75, 3.05) is 5.32 Å². The number of hydrogen-bond acceptors (Lipinski definition) is 5. The maximum absolute atomic E-state index is 13.1. The summed E-state index contributed by atoms with van der Waals surface area (Å²) in [6, 6.07) is 10.2. The lowest BCUT2D eigenvalue weighted by Gasteiger charge is -2.14. The van der Waals surface area contributed by atoms with Gasteiger partial charge < -0.3 is 5.32 Å². The predicted octanol–water partition coefficient (Wildman–Crippen LogP) is 4.05. The summed E-state index contributed by atoms with van der Waals surface area (Å²) in [5.74, 6) is -0.871. The van der Waals surface area contributed by atoms with E-state index in [4.69, 9.17) is 11.6 Å². The van der Waals surface area contributed by atoms with Crippen LogP contribution in [-0.4, -0.2) is 30.5 Å². The van der Waals surface area contributed by atoms with Gasteiger partial charge in [-0.3, -0.25) is 9.59 Å². The summed E-state index contributed by atoms with van der Waals surface area (Å²) in [7, 11) is 0. The van der Waals surface area contributed by atoms with Crippen molar-refractivity contribution < 1.29 is 18.0 Å². The van der Waals surface area contributed by atoms with Crippen LogP contribution in [0.15, 0.2) is 66.0 Å². The number of nitrogens with zero attached hydrogens (tertiary/aromatic N) is 5. The molecular formula is C21H14ClF3N6O2. The number of nitrogens with one attached hydrogen (secondary N) is 1. The fourth-order valence-electron chi connectivity index (χ4n) is 3.10. The third-order valence-corrected chi connectivity index (χ3v) is 4.85. The molecule has 0 unspecified atom stereocenters. The smallest absolute Gasteiger partial charge is 0.318 e. The van der Waals surface area contributed by atoms with Gasteiger partial charge in [0.15, 0.2) is 5.69 Å². The number of anilines is 1. The van der Waals surface area contributed by atoms with E-state index in [9.17, 15) is 22.8 Å². The molecule has 168 valence electrons. The third-order valence-electron chi connectivity index (χ3n) is 4.61. The quantitative estimate of drug-likeness (QED) is 0.481. The van der Waals surface area contributed by atoms with Gasteiger partial charge in [0.05, 0.1) is 22.6 Å². The van der Waals surface area contributed by atoms with Crippen molar-refractivity contribution in [3.8, 4) is 11.4 Å². The van der Waals surface area contributed by atoms with E-state index < -0.39 is 28.8 Å². The summed E-state index contributed by atoms with van der Waals surface area (Å²) < 4.78 is 41.8. The highest BCUT2D eigenvalue weighted by Crippen LogP contribution is 2.30. The lowest BCUT2D eigenvalue weighted by molar-refractivity contribution is -0.137. The van der Waals surface area contributed by atoms with Crippen molar-refractivity contribution in [1.29, 1.82) is 0 Å². The molecule has 0 bridgehead atoms. The maximum atomic E-state index is 13.1. The Morgan fingerprint density at radius 1 is 1.12 bits per heavy atom. The summed E-state index contributed by atoms with van der Waals surface area (Å²) in [6.07, 6.45) is -1.85. The molecule has 33 heavy (non-hydrogen) atoms. The van der Waals surface area contributed by atoms with E-state index in [1.165, 1.54) is 42.5 Å². The Kier molecular flexibility index (Phi) is 5.73. The summed E-state index contributed by atoms with van der Waals surface area (Å²) >= 11 is 6.05. The lowest BCUT2D eigenvalue weighted by Crippen LogP contribution is -2.27. The van der Waals surface area contributed by atoms with E-state index >= 15 is 0 Å². The monoisotopic (exact) mass is 474 g/mol. The van der Waals surface area contributed by atoms with Gasteiger partial charge in [-0.05, 0) is 43.3 Å². The van der Waals surface area contributed by atoms with Gasteiger partial charge in [-0.2, -0.15) is 23.4 Å². The van der Waals surface area contributed by atoms with E-state index in [2.05, 4.69) is 20.5 Å². The molecule has 0 spiro atoms. The lowest BCUT2D eigenvalue weighted by atomic mass is 10.2. The first kappa shape index (κ1) is 22.2. The summed E-state index contributed by atoms with van der Waals surface area (Å²) in [5.41, 5.74) is -1.15. The Morgan fingerprint density at radius 2 is 1.91 bits per heavy atom. The van der Waals surface area contributed by atoms with Gasteiger partial charge >= 0.3 is 6.18 Å². The van der Waals surface area contributed by atoms with Crippen molar-refractivity contribution >= 4 is 23.2 Å². The number of aryl methyl sites for hydroxylation is 1. The Hall–Kier alpha value is -3.99. The van der Waals surface area contributed by atoms with Crippen LogP contribution in [0.4, 0.5) is 18.9 Å². The first-order chi connectivity index (χ1) is 15.6. The molecule has 0 fully saturated rings. The molecule has 0 aliphatic heterocycles. The minimum absolute atomic E-state index is 0.0439. The Bertz CT molecular complexity index is 1400. The second kappa shape index (κ2) is 8.51. The fraction of sp³-hybridized carbons (Fsp3) is 0.0952. The second-order valence-corrected chi connectivity index (χ2v) is 7.35. The van der Waals surface area contributed by atoms with Crippen LogP contribution >= 0.6 is 11.6 Å². The Balaban J connectivity index is 1.74. The van der Waals surface area contributed by atoms with Crippen LogP contribution < -0.4 is 10.7 Å². The van der Waals surface area contributed by atoms with E-state index in [1.807, 2.05) is 0 Å². The third kappa shape index (κ3) is 4.62. The van der Waals surface area contributed by atoms with E-state index in [1.54, 1.807) is 12.1 Å². The zero-order valence-corrected chi connectivity index (χ0v) is 17.6. The summed E-state index contributed by atoms with van der Waals surface area (Å²) in [5, 5.41) is 10.9. The number of hydrogen-bond donors (Lipinski definition) is 1. The van der Waals surface area contributed by atoms with E-state index in [0.717, 1.165) is 22.9 Å². The van der Waals surface area contributed by atoms with Crippen molar-refractivity contribution in [1.82, 2.24) is 24.5 Å². The molecule has 0 saturated carbocycles. The highest BCUT2D eigenvalue weighted by Gasteiger charge is 2.30. The fourth-order valence-corrected chi connectivity index (χ4v) is 3.27. The molecule has 0 radical (unpaired) electrons. The molecule has 2 aromatic heterocycles. The second-order valence-electron chi connectivity index (χ2n) is 6.91. The number of benzene rings is 2. The number of rotatable bonds is 4. The van der Waals surface area contributed by atoms with E-state index in [-0.39, 0.29) is 17.1 Å². The van der Waals surface area contributed by atoms with Crippen LogP contribution in [0.3, 0.4) is 0 Å². The van der Waals surface area contributed by atoms with Gasteiger partial charge in [0.2, 0.25) is 5.43 Å². The van der Waals surface area contributed by atoms with Crippen molar-refractivity contribution in [3.05, 3.63) is 93.4 Å². The van der Waals surface area contributed by atoms with Crippen molar-refractivity contribution in [3.63, 3.8) is 0 Å². The van der Waals surface area contributed by atoms with Crippen molar-refractivity contribution in [2.24, 2.45) is 0 Å². The zero-order chi connectivity index (χ0) is 23.8. The Morgan fingerprint density at radius 3 is 2.61 bits per heavy atom. The van der Waals surface area contributed by atoms with Gasteiger partial charge in [0.1, 0.15) is 12.7 Å². The molecule has 12 heteroatoms. The topological polar surface area (TPSA) is 94.7 Å². The first-order valence-electron chi connectivity index (χ1n) is 9.38. The molecule has 4 aromatic rings. The number of carbonyl (C=O) groups excluding carboxylic acids is 1. The molecule has 1 amide bonds. The summed E-state index contributed by atoms with van der Waals surface area (Å²) in [6.45, 7) is 1.50. The highest BCUT2D eigenvalue weighted by molar-refractivity contribution is 6.31. The van der Waals surface area contributed by atoms with Crippen LogP contribution in [0, 0.1) is 6.92 Å². The molecule has 0 aliphatic carbocycles. The summed E-state index contributed by atoms with van der Waals surface area (Å²) in [4.78, 5) is 29.3.